The van der Waals surface area contributed by atoms with Crippen LogP contribution in [0.2, 0.25) is 0 Å². The number of ether oxygens (including phenoxy) is 1. The third-order valence-electron chi connectivity index (χ3n) is 3.46. The van der Waals surface area contributed by atoms with Gasteiger partial charge in [-0.2, -0.15) is 5.26 Å². The third kappa shape index (κ3) is 3.92. The van der Waals surface area contributed by atoms with E-state index in [-0.39, 0.29) is 17.9 Å². The monoisotopic (exact) mass is 288 g/mol. The molecule has 1 N–H and O–H groups in total. The number of nitrogens with zero attached hydrogens (tertiary/aromatic N) is 3. The fourth-order valence-corrected chi connectivity index (χ4v) is 2.22. The van der Waals surface area contributed by atoms with Crippen LogP contribution in [0.15, 0.2) is 18.3 Å². The lowest BCUT2D eigenvalue weighted by molar-refractivity contribution is -0.137. The molecule has 1 fully saturated rings. The minimum atomic E-state index is -0.308. The Morgan fingerprint density at radius 3 is 2.67 bits per heavy atom. The summed E-state index contributed by atoms with van der Waals surface area (Å²) in [4.78, 5) is 18.4. The summed E-state index contributed by atoms with van der Waals surface area (Å²) < 4.78 is 5.28. The van der Waals surface area contributed by atoms with Crippen molar-refractivity contribution >= 4 is 11.6 Å². The van der Waals surface area contributed by atoms with E-state index in [0.717, 1.165) is 5.69 Å². The van der Waals surface area contributed by atoms with Gasteiger partial charge in [-0.15, -0.1) is 0 Å². The van der Waals surface area contributed by atoms with Crippen molar-refractivity contribution in [2.75, 3.05) is 31.6 Å². The number of hydrogen-bond acceptors (Lipinski definition) is 5. The Morgan fingerprint density at radius 1 is 1.43 bits per heavy atom. The molecule has 0 aliphatic carbocycles. The van der Waals surface area contributed by atoms with Crippen LogP contribution in [0.1, 0.15) is 19.5 Å². The van der Waals surface area contributed by atoms with Gasteiger partial charge in [0.15, 0.2) is 0 Å². The Labute approximate surface area is 124 Å². The number of carbonyl (C=O) groups is 1. The van der Waals surface area contributed by atoms with Gasteiger partial charge in [-0.3, -0.25) is 4.79 Å². The molecule has 21 heavy (non-hydrogen) atoms. The van der Waals surface area contributed by atoms with Crippen molar-refractivity contribution in [1.82, 2.24) is 9.88 Å². The van der Waals surface area contributed by atoms with Crippen LogP contribution in [0.5, 0.6) is 0 Å². The molecule has 0 saturated carbocycles. The Hall–Kier alpha value is -2.13. The van der Waals surface area contributed by atoms with Gasteiger partial charge in [0.05, 0.1) is 25.1 Å². The Balaban J connectivity index is 2.07. The standard InChI is InChI=1S/C15H20N4O2/c1-11(2)14(15(20)19-5-7-21-8-6-19)18-13-4-3-12(9-16)17-10-13/h3-4,10-11,14,18H,5-8H2,1-2H3/t14-/m1/s1. The minimum absolute atomic E-state index is 0.0812. The average molecular weight is 288 g/mol. The van der Waals surface area contributed by atoms with Crippen LogP contribution in [0, 0.1) is 17.2 Å². The lowest BCUT2D eigenvalue weighted by Gasteiger charge is -2.32. The van der Waals surface area contributed by atoms with Gasteiger partial charge in [-0.1, -0.05) is 13.8 Å². The van der Waals surface area contributed by atoms with Crippen molar-refractivity contribution in [2.24, 2.45) is 5.92 Å². The van der Waals surface area contributed by atoms with Gasteiger partial charge < -0.3 is 15.0 Å². The lowest BCUT2D eigenvalue weighted by atomic mass is 10.0. The van der Waals surface area contributed by atoms with E-state index in [4.69, 9.17) is 10.00 Å². The fourth-order valence-electron chi connectivity index (χ4n) is 2.22. The zero-order chi connectivity index (χ0) is 15.2. The third-order valence-corrected chi connectivity index (χ3v) is 3.46. The molecular weight excluding hydrogens is 268 g/mol. The summed E-state index contributed by atoms with van der Waals surface area (Å²) in [5.41, 5.74) is 1.11. The molecule has 0 spiro atoms. The zero-order valence-corrected chi connectivity index (χ0v) is 12.4. The number of morpholine rings is 1. The first-order valence-electron chi connectivity index (χ1n) is 7.11. The van der Waals surface area contributed by atoms with Crippen molar-refractivity contribution in [3.8, 4) is 6.07 Å². The number of nitrogens with one attached hydrogen (secondary N) is 1. The molecule has 6 heteroatoms. The van der Waals surface area contributed by atoms with E-state index in [1.165, 1.54) is 0 Å². The molecule has 112 valence electrons. The van der Waals surface area contributed by atoms with Crippen molar-refractivity contribution in [3.05, 3.63) is 24.0 Å². The first-order chi connectivity index (χ1) is 10.1. The SMILES string of the molecule is CC(C)[C@@H](Nc1ccc(C#N)nc1)C(=O)N1CCOCC1. The number of pyridine rings is 1. The highest BCUT2D eigenvalue weighted by atomic mass is 16.5. The first kappa shape index (κ1) is 15.3. The molecule has 0 radical (unpaired) electrons. The summed E-state index contributed by atoms with van der Waals surface area (Å²) in [6.07, 6.45) is 1.58. The summed E-state index contributed by atoms with van der Waals surface area (Å²) >= 11 is 0. The Morgan fingerprint density at radius 2 is 2.14 bits per heavy atom. The van der Waals surface area contributed by atoms with Gasteiger partial charge in [0.1, 0.15) is 17.8 Å². The number of amides is 1. The van der Waals surface area contributed by atoms with Crippen molar-refractivity contribution < 1.29 is 9.53 Å². The second-order valence-electron chi connectivity index (χ2n) is 5.35. The average Bonchev–Trinajstić information content (AvgIpc) is 2.53. The predicted octanol–water partition coefficient (Wildman–Crippen LogP) is 1.25. The van der Waals surface area contributed by atoms with E-state index < -0.39 is 0 Å². The molecule has 1 aromatic rings. The molecule has 2 rings (SSSR count). The maximum absolute atomic E-state index is 12.6. The molecule has 1 aliphatic rings. The van der Waals surface area contributed by atoms with Crippen LogP contribution < -0.4 is 5.32 Å². The molecule has 6 nitrogen and oxygen atoms in total. The van der Waals surface area contributed by atoms with Crippen molar-refractivity contribution in [2.45, 2.75) is 19.9 Å². The molecule has 0 unspecified atom stereocenters. The Bertz CT molecular complexity index is 515. The summed E-state index contributed by atoms with van der Waals surface area (Å²) in [6.45, 7) is 6.47. The Kier molecular flexibility index (Phi) is 5.12. The highest BCUT2D eigenvalue weighted by Crippen LogP contribution is 2.15. The number of carbonyl (C=O) groups excluding carboxylic acids is 1. The predicted molar refractivity (Wildman–Crippen MR) is 78.6 cm³/mol. The highest BCUT2D eigenvalue weighted by Gasteiger charge is 2.28. The number of nitriles is 1. The number of anilines is 1. The fraction of sp³-hybridized carbons (Fsp3) is 0.533. The van der Waals surface area contributed by atoms with Gasteiger partial charge in [0.2, 0.25) is 5.91 Å². The maximum Gasteiger partial charge on any atom is 0.245 e. The molecule has 1 amide bonds. The minimum Gasteiger partial charge on any atom is -0.378 e. The van der Waals surface area contributed by atoms with E-state index in [9.17, 15) is 4.79 Å². The normalized spacial score (nSPS) is 16.4. The highest BCUT2D eigenvalue weighted by molar-refractivity contribution is 5.85. The van der Waals surface area contributed by atoms with Crippen molar-refractivity contribution in [1.29, 1.82) is 5.26 Å². The molecule has 2 heterocycles. The molecule has 1 aliphatic heterocycles. The second-order valence-corrected chi connectivity index (χ2v) is 5.35. The summed E-state index contributed by atoms with van der Waals surface area (Å²) in [5.74, 6) is 0.230. The van der Waals surface area contributed by atoms with E-state index >= 15 is 0 Å². The largest absolute Gasteiger partial charge is 0.378 e. The summed E-state index contributed by atoms with van der Waals surface area (Å²) in [7, 11) is 0. The van der Waals surface area contributed by atoms with Gasteiger partial charge in [0, 0.05) is 13.1 Å². The van der Waals surface area contributed by atoms with E-state index in [1.54, 1.807) is 18.3 Å². The van der Waals surface area contributed by atoms with Crippen LogP contribution in [-0.4, -0.2) is 48.1 Å². The lowest BCUT2D eigenvalue weighted by Crippen LogP contribution is -2.49. The molecule has 0 aromatic carbocycles. The number of aromatic nitrogens is 1. The smallest absolute Gasteiger partial charge is 0.245 e. The summed E-state index contributed by atoms with van der Waals surface area (Å²) in [6, 6.07) is 5.08. The maximum atomic E-state index is 12.6. The molecule has 1 atom stereocenters. The van der Waals surface area contributed by atoms with Gasteiger partial charge >= 0.3 is 0 Å². The van der Waals surface area contributed by atoms with Crippen molar-refractivity contribution in [3.63, 3.8) is 0 Å². The van der Waals surface area contributed by atoms with Crippen LogP contribution >= 0.6 is 0 Å². The zero-order valence-electron chi connectivity index (χ0n) is 12.4. The number of rotatable bonds is 4. The molecular formula is C15H20N4O2. The van der Waals surface area contributed by atoms with Crippen LogP contribution in [0.25, 0.3) is 0 Å². The van der Waals surface area contributed by atoms with Gasteiger partial charge in [0.25, 0.3) is 0 Å². The van der Waals surface area contributed by atoms with Gasteiger partial charge in [-0.25, -0.2) is 4.98 Å². The second kappa shape index (κ2) is 7.04. The van der Waals surface area contributed by atoms with Crippen LogP contribution in [-0.2, 0) is 9.53 Å². The number of hydrogen-bond donors (Lipinski definition) is 1. The van der Waals surface area contributed by atoms with E-state index in [0.29, 0.717) is 32.0 Å². The van der Waals surface area contributed by atoms with E-state index in [2.05, 4.69) is 10.3 Å². The quantitative estimate of drug-likeness (QED) is 0.902. The molecule has 1 saturated heterocycles. The van der Waals surface area contributed by atoms with Crippen LogP contribution in [0.3, 0.4) is 0 Å². The van der Waals surface area contributed by atoms with Crippen LogP contribution in [0.4, 0.5) is 5.69 Å². The molecule has 0 bridgehead atoms. The van der Waals surface area contributed by atoms with E-state index in [1.807, 2.05) is 24.8 Å². The topological polar surface area (TPSA) is 78.2 Å². The first-order valence-corrected chi connectivity index (χ1v) is 7.11. The summed E-state index contributed by atoms with van der Waals surface area (Å²) in [5, 5.41) is 12.0. The van der Waals surface area contributed by atoms with Gasteiger partial charge in [-0.05, 0) is 18.1 Å². The molecule has 1 aromatic heterocycles.